The Morgan fingerprint density at radius 1 is 1.02 bits per heavy atom. The molecule has 1 aliphatic rings. The van der Waals surface area contributed by atoms with Crippen LogP contribution in [0.15, 0.2) is 131 Å². The van der Waals surface area contributed by atoms with Crippen molar-refractivity contribution in [1.82, 2.24) is 16.0 Å². The molecule has 0 aliphatic carbocycles. The number of hydrogen-bond acceptors (Lipinski definition) is 5. The number of nitrogens with one attached hydrogen (secondary N) is 3. The van der Waals surface area contributed by atoms with Crippen LogP contribution < -0.4 is 16.0 Å². The lowest BCUT2D eigenvalue weighted by atomic mass is 9.88. The van der Waals surface area contributed by atoms with E-state index in [1.807, 2.05) is 44.6 Å². The highest BCUT2D eigenvalue weighted by atomic mass is 16.1. The highest BCUT2D eigenvalue weighted by molar-refractivity contribution is 6.01. The number of allylic oxidation sites excluding steroid dienone is 8. The van der Waals surface area contributed by atoms with Crippen molar-refractivity contribution in [3.8, 4) is 0 Å². The number of aryl methyl sites for hydroxylation is 3. The zero-order valence-electron chi connectivity index (χ0n) is 30.7. The van der Waals surface area contributed by atoms with Gasteiger partial charge >= 0.3 is 0 Å². The largest absolute Gasteiger partial charge is 0.316 e. The molecule has 0 bridgehead atoms. The van der Waals surface area contributed by atoms with Crippen molar-refractivity contribution < 1.29 is 4.79 Å². The van der Waals surface area contributed by atoms with E-state index in [0.29, 0.717) is 18.8 Å². The second-order valence-electron chi connectivity index (χ2n) is 12.3. The van der Waals surface area contributed by atoms with E-state index in [9.17, 15) is 4.79 Å². The van der Waals surface area contributed by atoms with E-state index in [2.05, 4.69) is 115 Å². The average Bonchev–Trinajstić information content (AvgIpc) is 3.10. The lowest BCUT2D eigenvalue weighted by molar-refractivity contribution is -0.108. The topological polar surface area (TPSA) is 77.9 Å². The van der Waals surface area contributed by atoms with Gasteiger partial charge in [-0.25, -0.2) is 4.99 Å². The van der Waals surface area contributed by atoms with E-state index in [4.69, 9.17) is 0 Å². The number of amides is 1. The molecule has 6 heteroatoms. The van der Waals surface area contributed by atoms with Gasteiger partial charge in [-0.3, -0.25) is 9.79 Å². The van der Waals surface area contributed by atoms with Crippen LogP contribution >= 0.6 is 0 Å². The van der Waals surface area contributed by atoms with Gasteiger partial charge in [0.1, 0.15) is 5.84 Å². The van der Waals surface area contributed by atoms with Crippen molar-refractivity contribution in [3.05, 3.63) is 160 Å². The molecule has 6 nitrogen and oxygen atoms in total. The van der Waals surface area contributed by atoms with E-state index >= 15 is 0 Å². The summed E-state index contributed by atoms with van der Waals surface area (Å²) in [6.45, 7) is 19.2. The summed E-state index contributed by atoms with van der Waals surface area (Å²) in [7, 11) is 1.90. The second-order valence-corrected chi connectivity index (χ2v) is 12.3. The molecule has 1 heterocycles. The number of amidine groups is 1. The van der Waals surface area contributed by atoms with Crippen LogP contribution in [0.1, 0.15) is 66.1 Å². The van der Waals surface area contributed by atoms with Gasteiger partial charge in [0.25, 0.3) is 0 Å². The smallest absolute Gasteiger partial charge is 0.212 e. The van der Waals surface area contributed by atoms with Crippen molar-refractivity contribution in [1.29, 1.82) is 0 Å². The van der Waals surface area contributed by atoms with Crippen LogP contribution in [-0.2, 0) is 37.0 Å². The Morgan fingerprint density at radius 2 is 1.82 bits per heavy atom. The zero-order chi connectivity index (χ0) is 36.1. The van der Waals surface area contributed by atoms with Crippen LogP contribution in [0.25, 0.3) is 6.08 Å². The normalized spacial score (nSPS) is 17.7. The highest BCUT2D eigenvalue weighted by Gasteiger charge is 2.13. The minimum atomic E-state index is 0.480. The number of benzene rings is 2. The monoisotopic (exact) mass is 669 g/mol. The first-order valence-corrected chi connectivity index (χ1v) is 17.6. The Balaban J connectivity index is 1.96. The first-order valence-electron chi connectivity index (χ1n) is 17.6. The minimum Gasteiger partial charge on any atom is -0.316 e. The number of aliphatic imine (C=N–C) groups is 2. The van der Waals surface area contributed by atoms with Gasteiger partial charge in [-0.2, -0.15) is 0 Å². The van der Waals surface area contributed by atoms with Crippen LogP contribution in [0.4, 0.5) is 0 Å². The summed E-state index contributed by atoms with van der Waals surface area (Å²) in [5.41, 5.74) is 13.3. The molecule has 3 N–H and O–H groups in total. The molecular formula is C44H55N5O. The number of nitrogens with zero attached hydrogens (tertiary/aromatic N) is 2. The van der Waals surface area contributed by atoms with Crippen molar-refractivity contribution in [2.45, 2.75) is 66.3 Å². The van der Waals surface area contributed by atoms with Crippen LogP contribution in [0, 0.1) is 6.92 Å². The Morgan fingerprint density at radius 3 is 2.54 bits per heavy atom. The predicted molar refractivity (Wildman–Crippen MR) is 216 cm³/mol. The lowest BCUT2D eigenvalue weighted by Gasteiger charge is -2.17. The molecule has 0 atom stereocenters. The molecule has 50 heavy (non-hydrogen) atoms. The fourth-order valence-corrected chi connectivity index (χ4v) is 6.05. The molecule has 1 aliphatic heterocycles. The van der Waals surface area contributed by atoms with Gasteiger partial charge in [-0.15, -0.1) is 0 Å². The molecule has 0 fully saturated rings. The predicted octanol–water partition coefficient (Wildman–Crippen LogP) is 8.41. The van der Waals surface area contributed by atoms with E-state index in [-0.39, 0.29) is 0 Å². The molecule has 2 aromatic rings. The maximum Gasteiger partial charge on any atom is 0.212 e. The molecule has 0 unspecified atom stereocenters. The lowest BCUT2D eigenvalue weighted by Crippen LogP contribution is -2.20. The molecule has 1 amide bonds. The van der Waals surface area contributed by atoms with Gasteiger partial charge in [-0.05, 0) is 128 Å². The van der Waals surface area contributed by atoms with Crippen LogP contribution in [0.5, 0.6) is 0 Å². The van der Waals surface area contributed by atoms with Gasteiger partial charge in [0.05, 0.1) is 0 Å². The first kappa shape index (κ1) is 39.5. The summed E-state index contributed by atoms with van der Waals surface area (Å²) < 4.78 is 0. The third-order valence-electron chi connectivity index (χ3n) is 8.58. The summed E-state index contributed by atoms with van der Waals surface area (Å²) in [5, 5.41) is 9.50. The second kappa shape index (κ2) is 21.9. The Labute approximate surface area is 300 Å². The number of hydrogen-bond donors (Lipinski definition) is 3. The summed E-state index contributed by atoms with van der Waals surface area (Å²) in [6.07, 6.45) is 26.7. The summed E-state index contributed by atoms with van der Waals surface area (Å²) >= 11 is 0. The molecule has 2 aromatic carbocycles. The summed E-state index contributed by atoms with van der Waals surface area (Å²) in [6, 6.07) is 11.3. The molecule has 3 rings (SSSR count). The molecule has 262 valence electrons. The van der Waals surface area contributed by atoms with Gasteiger partial charge < -0.3 is 16.0 Å². The summed E-state index contributed by atoms with van der Waals surface area (Å²) in [5.74, 6) is 0.480. The van der Waals surface area contributed by atoms with Gasteiger partial charge in [0.2, 0.25) is 6.41 Å². The van der Waals surface area contributed by atoms with Crippen LogP contribution in [0.3, 0.4) is 0 Å². The molecule has 0 saturated heterocycles. The van der Waals surface area contributed by atoms with Crippen LogP contribution in [-0.4, -0.2) is 38.6 Å². The maximum atomic E-state index is 11.4. The average molecular weight is 670 g/mol. The van der Waals surface area contributed by atoms with Crippen molar-refractivity contribution in [2.24, 2.45) is 9.98 Å². The first-order chi connectivity index (χ1) is 24.4. The molecule has 0 aromatic heterocycles. The highest BCUT2D eigenvalue weighted by Crippen LogP contribution is 2.27. The molecule has 0 saturated carbocycles. The number of likely N-dealkylation sites (N-methyl/N-ethyl adjacent to an activating group) is 1. The quantitative estimate of drug-likeness (QED) is 0.0609. The molecule has 0 radical (unpaired) electrons. The van der Waals surface area contributed by atoms with E-state index in [1.165, 1.54) is 44.5 Å². The fraction of sp³-hybridized carbons (Fsp3) is 0.295. The van der Waals surface area contributed by atoms with Crippen molar-refractivity contribution in [3.63, 3.8) is 0 Å². The Kier molecular flexibility index (Phi) is 17.3. The molecule has 0 spiro atoms. The number of carbonyl (C=O) groups is 1. The number of rotatable bonds is 19. The third-order valence-corrected chi connectivity index (χ3v) is 8.58. The van der Waals surface area contributed by atoms with Crippen molar-refractivity contribution >= 4 is 24.5 Å². The van der Waals surface area contributed by atoms with Crippen molar-refractivity contribution in [2.75, 3.05) is 20.1 Å². The SMILES string of the molecule is C=C\C=C/C(C1=C/C(NC=O)=N/C=C(CNC)\C=C\1)=C(/C)Cc1cccc(CCc2cc(C/C=C\N=C/C)c(CNCCC)cc2C)c1C=C. The van der Waals surface area contributed by atoms with E-state index < -0.39 is 0 Å². The van der Waals surface area contributed by atoms with Gasteiger partial charge in [-0.1, -0.05) is 98.5 Å². The zero-order valence-corrected chi connectivity index (χ0v) is 30.7. The van der Waals surface area contributed by atoms with Crippen LogP contribution in [0.2, 0.25) is 0 Å². The Hall–Kier alpha value is -4.91. The maximum absolute atomic E-state index is 11.4. The Bertz CT molecular complexity index is 1730. The summed E-state index contributed by atoms with van der Waals surface area (Å²) in [4.78, 5) is 20.2. The standard InChI is InChI=1S/C44H55N5O/c1-8-12-18-43(40-20-19-35(29-45-7)30-48-44(28-40)49-32-50)34(6)26-39-16-13-15-36(42(39)10-3)21-22-37-27-38(17-14-24-46-11-4)41(25-33(37)5)31-47-23-9-2/h8,10-16,18-20,24-25,27-28,30,32,45,47H,1,3,9,17,21-23,26,29,31H2,2,4-7H3,(H,48,49,50)/b18-12-,24-14-,43-34+,46-11-. The molecular weight excluding hydrogens is 615 g/mol. The minimum absolute atomic E-state index is 0.480. The van der Waals surface area contributed by atoms with Gasteiger partial charge in [0, 0.05) is 31.7 Å². The van der Waals surface area contributed by atoms with E-state index in [1.54, 1.807) is 12.3 Å². The van der Waals surface area contributed by atoms with E-state index in [0.717, 1.165) is 61.9 Å². The van der Waals surface area contributed by atoms with Gasteiger partial charge in [0.15, 0.2) is 0 Å². The fourth-order valence-electron chi connectivity index (χ4n) is 6.05. The third kappa shape index (κ3) is 12.2. The number of carbonyl (C=O) groups excluding carboxylic acids is 1.